The number of nitriles is 1. The SMILES string of the molecule is CC(C#N)(Cc1ccc(F)cc1)N1CCNCC1. The molecule has 1 fully saturated rings. The molecule has 4 heteroatoms. The fourth-order valence-electron chi connectivity index (χ4n) is 2.38. The number of piperazine rings is 1. The average Bonchev–Trinajstić information content (AvgIpc) is 2.42. The van der Waals surface area contributed by atoms with E-state index in [-0.39, 0.29) is 5.82 Å². The van der Waals surface area contributed by atoms with E-state index in [4.69, 9.17) is 0 Å². The maximum atomic E-state index is 12.9. The highest BCUT2D eigenvalue weighted by atomic mass is 19.1. The first kappa shape index (κ1) is 13.0. The molecule has 0 saturated carbocycles. The number of benzene rings is 1. The van der Waals surface area contributed by atoms with Crippen LogP contribution < -0.4 is 5.32 Å². The van der Waals surface area contributed by atoms with Crippen molar-refractivity contribution in [1.82, 2.24) is 10.2 Å². The Hall–Kier alpha value is -1.44. The zero-order chi connectivity index (χ0) is 13.0. The lowest BCUT2D eigenvalue weighted by Crippen LogP contribution is -2.55. The molecule has 96 valence electrons. The van der Waals surface area contributed by atoms with Crippen LogP contribution in [0.4, 0.5) is 4.39 Å². The predicted octanol–water partition coefficient (Wildman–Crippen LogP) is 1.56. The van der Waals surface area contributed by atoms with Crippen LogP contribution in [-0.2, 0) is 6.42 Å². The second kappa shape index (κ2) is 5.47. The number of hydrogen-bond donors (Lipinski definition) is 1. The van der Waals surface area contributed by atoms with Gasteiger partial charge in [0.25, 0.3) is 0 Å². The van der Waals surface area contributed by atoms with Crippen LogP contribution >= 0.6 is 0 Å². The number of nitrogens with zero attached hydrogens (tertiary/aromatic N) is 2. The topological polar surface area (TPSA) is 39.1 Å². The van der Waals surface area contributed by atoms with E-state index in [1.165, 1.54) is 12.1 Å². The summed E-state index contributed by atoms with van der Waals surface area (Å²) in [4.78, 5) is 2.20. The molecular weight excluding hydrogens is 229 g/mol. The van der Waals surface area contributed by atoms with Crippen LogP contribution in [0.15, 0.2) is 24.3 Å². The van der Waals surface area contributed by atoms with Gasteiger partial charge >= 0.3 is 0 Å². The highest BCUT2D eigenvalue weighted by Crippen LogP contribution is 2.21. The molecule has 1 aromatic carbocycles. The minimum atomic E-state index is -0.514. The minimum Gasteiger partial charge on any atom is -0.314 e. The maximum absolute atomic E-state index is 12.9. The van der Waals surface area contributed by atoms with E-state index in [0.717, 1.165) is 31.7 Å². The van der Waals surface area contributed by atoms with Gasteiger partial charge in [-0.05, 0) is 24.6 Å². The van der Waals surface area contributed by atoms with Crippen LogP contribution in [0.2, 0.25) is 0 Å². The Kier molecular flexibility index (Phi) is 3.95. The summed E-state index contributed by atoms with van der Waals surface area (Å²) in [5, 5.41) is 12.7. The minimum absolute atomic E-state index is 0.236. The number of hydrogen-bond acceptors (Lipinski definition) is 3. The number of nitrogens with one attached hydrogen (secondary N) is 1. The molecule has 1 unspecified atom stereocenters. The molecule has 0 aromatic heterocycles. The Bertz CT molecular complexity index is 431. The summed E-state index contributed by atoms with van der Waals surface area (Å²) in [6.07, 6.45) is 0.629. The van der Waals surface area contributed by atoms with E-state index in [9.17, 15) is 9.65 Å². The molecule has 1 aliphatic rings. The van der Waals surface area contributed by atoms with Crippen LogP contribution in [0.25, 0.3) is 0 Å². The highest BCUT2D eigenvalue weighted by molar-refractivity contribution is 5.22. The zero-order valence-electron chi connectivity index (χ0n) is 10.6. The summed E-state index contributed by atoms with van der Waals surface area (Å²) in [5.74, 6) is -0.236. The van der Waals surface area contributed by atoms with Crippen molar-refractivity contribution in [3.63, 3.8) is 0 Å². The van der Waals surface area contributed by atoms with Gasteiger partial charge in [0.15, 0.2) is 0 Å². The monoisotopic (exact) mass is 247 g/mol. The first-order valence-corrected chi connectivity index (χ1v) is 6.25. The molecule has 0 radical (unpaired) electrons. The van der Waals surface area contributed by atoms with Gasteiger partial charge < -0.3 is 5.32 Å². The second-order valence-electron chi connectivity index (χ2n) is 4.93. The van der Waals surface area contributed by atoms with Crippen LogP contribution in [0.3, 0.4) is 0 Å². The summed E-state index contributed by atoms with van der Waals surface area (Å²) in [5.41, 5.74) is 0.485. The quantitative estimate of drug-likeness (QED) is 0.881. The van der Waals surface area contributed by atoms with Crippen LogP contribution in [-0.4, -0.2) is 36.6 Å². The molecule has 1 atom stereocenters. The van der Waals surface area contributed by atoms with Crippen molar-refractivity contribution >= 4 is 0 Å². The Labute approximate surface area is 107 Å². The molecule has 2 rings (SSSR count). The predicted molar refractivity (Wildman–Crippen MR) is 68.6 cm³/mol. The fourth-order valence-corrected chi connectivity index (χ4v) is 2.38. The summed E-state index contributed by atoms with van der Waals surface area (Å²) < 4.78 is 12.9. The molecule has 1 heterocycles. The highest BCUT2D eigenvalue weighted by Gasteiger charge is 2.32. The van der Waals surface area contributed by atoms with Gasteiger partial charge in [-0.25, -0.2) is 4.39 Å². The molecule has 0 spiro atoms. The first-order valence-electron chi connectivity index (χ1n) is 6.25. The second-order valence-corrected chi connectivity index (χ2v) is 4.93. The number of halogens is 1. The van der Waals surface area contributed by atoms with Crippen molar-refractivity contribution in [2.75, 3.05) is 26.2 Å². The van der Waals surface area contributed by atoms with Gasteiger partial charge in [0.05, 0.1) is 6.07 Å². The third kappa shape index (κ3) is 2.87. The lowest BCUT2D eigenvalue weighted by Gasteiger charge is -2.38. The molecule has 1 aliphatic heterocycles. The van der Waals surface area contributed by atoms with Gasteiger partial charge in [-0.15, -0.1) is 0 Å². The third-order valence-electron chi connectivity index (χ3n) is 3.52. The van der Waals surface area contributed by atoms with Crippen LogP contribution in [0, 0.1) is 17.1 Å². The summed E-state index contributed by atoms with van der Waals surface area (Å²) >= 11 is 0. The lowest BCUT2D eigenvalue weighted by atomic mass is 9.91. The van der Waals surface area contributed by atoms with Crippen molar-refractivity contribution in [1.29, 1.82) is 5.26 Å². The molecule has 3 nitrogen and oxygen atoms in total. The Morgan fingerprint density at radius 1 is 1.33 bits per heavy atom. The molecule has 0 amide bonds. The van der Waals surface area contributed by atoms with E-state index in [2.05, 4.69) is 16.3 Å². The van der Waals surface area contributed by atoms with Crippen molar-refractivity contribution in [3.05, 3.63) is 35.6 Å². The Morgan fingerprint density at radius 3 is 2.50 bits per heavy atom. The lowest BCUT2D eigenvalue weighted by molar-refractivity contribution is 0.132. The number of rotatable bonds is 3. The summed E-state index contributed by atoms with van der Waals surface area (Å²) in [6, 6.07) is 8.83. The molecule has 1 N–H and O–H groups in total. The summed E-state index contributed by atoms with van der Waals surface area (Å²) in [7, 11) is 0. The van der Waals surface area contributed by atoms with Crippen molar-refractivity contribution in [2.45, 2.75) is 18.9 Å². The van der Waals surface area contributed by atoms with E-state index in [1.807, 2.05) is 6.92 Å². The van der Waals surface area contributed by atoms with Gasteiger partial charge in [0, 0.05) is 32.6 Å². The molecule has 1 saturated heterocycles. The van der Waals surface area contributed by atoms with Crippen LogP contribution in [0.1, 0.15) is 12.5 Å². The molecule has 1 aromatic rings. The van der Waals surface area contributed by atoms with Crippen molar-refractivity contribution < 1.29 is 4.39 Å². The van der Waals surface area contributed by atoms with Crippen molar-refractivity contribution in [2.24, 2.45) is 0 Å². The van der Waals surface area contributed by atoms with Gasteiger partial charge in [-0.1, -0.05) is 12.1 Å². The van der Waals surface area contributed by atoms with Gasteiger partial charge in [-0.2, -0.15) is 5.26 Å². The zero-order valence-corrected chi connectivity index (χ0v) is 10.6. The average molecular weight is 247 g/mol. The first-order chi connectivity index (χ1) is 8.64. The molecule has 18 heavy (non-hydrogen) atoms. The molecule has 0 aliphatic carbocycles. The standard InChI is InChI=1S/C14H18FN3/c1-14(11-16,18-8-6-17-7-9-18)10-12-2-4-13(15)5-3-12/h2-5,17H,6-10H2,1H3. The van der Waals surface area contributed by atoms with Gasteiger partial charge in [-0.3, -0.25) is 4.90 Å². The molecule has 0 bridgehead atoms. The maximum Gasteiger partial charge on any atom is 0.123 e. The largest absolute Gasteiger partial charge is 0.314 e. The molecular formula is C14H18FN3. The Morgan fingerprint density at radius 2 is 1.94 bits per heavy atom. The smallest absolute Gasteiger partial charge is 0.123 e. The van der Waals surface area contributed by atoms with E-state index >= 15 is 0 Å². The third-order valence-corrected chi connectivity index (χ3v) is 3.52. The Balaban J connectivity index is 2.12. The van der Waals surface area contributed by atoms with Gasteiger partial charge in [0.2, 0.25) is 0 Å². The van der Waals surface area contributed by atoms with Crippen LogP contribution in [0.5, 0.6) is 0 Å². The normalized spacial score (nSPS) is 20.1. The van der Waals surface area contributed by atoms with E-state index in [1.54, 1.807) is 12.1 Å². The fraction of sp³-hybridized carbons (Fsp3) is 0.500. The van der Waals surface area contributed by atoms with Crippen molar-refractivity contribution in [3.8, 4) is 6.07 Å². The van der Waals surface area contributed by atoms with Gasteiger partial charge in [0.1, 0.15) is 11.4 Å². The van der Waals surface area contributed by atoms with E-state index < -0.39 is 5.54 Å². The van der Waals surface area contributed by atoms with E-state index in [0.29, 0.717) is 6.42 Å². The summed E-state index contributed by atoms with van der Waals surface area (Å²) in [6.45, 7) is 5.56.